The first-order valence-corrected chi connectivity index (χ1v) is 8.31. The summed E-state index contributed by atoms with van der Waals surface area (Å²) in [6.07, 6.45) is 0. The van der Waals surface area contributed by atoms with Crippen LogP contribution in [0.2, 0.25) is 0 Å². The number of rotatable bonds is 6. The van der Waals surface area contributed by atoms with Gasteiger partial charge in [0, 0.05) is 6.07 Å². The van der Waals surface area contributed by atoms with Crippen LogP contribution < -0.4 is 39.0 Å². The maximum Gasteiger partial charge on any atom is 1.00 e. The van der Waals surface area contributed by atoms with E-state index in [1.807, 2.05) is 0 Å². The van der Waals surface area contributed by atoms with Crippen LogP contribution >= 0.6 is 0 Å². The number of hydrogen-bond donors (Lipinski definition) is 0. The number of sulfone groups is 1. The molecule has 0 bridgehead atoms. The summed E-state index contributed by atoms with van der Waals surface area (Å²) in [5.41, 5.74) is 0. The molecular formula is C10H13NaO7S2. The molecule has 20 heavy (non-hydrogen) atoms. The van der Waals surface area contributed by atoms with E-state index >= 15 is 0 Å². The molecule has 0 N–H and O–H groups in total. The molecule has 0 radical (unpaired) electrons. The van der Waals surface area contributed by atoms with Gasteiger partial charge in [-0.25, -0.2) is 16.8 Å². The van der Waals surface area contributed by atoms with Crippen LogP contribution in [0.15, 0.2) is 23.1 Å². The first-order valence-electron chi connectivity index (χ1n) is 5.08. The van der Waals surface area contributed by atoms with Crippen molar-refractivity contribution in [2.24, 2.45) is 0 Å². The number of hydrogen-bond acceptors (Lipinski definition) is 7. The largest absolute Gasteiger partial charge is 1.00 e. The van der Waals surface area contributed by atoms with Crippen molar-refractivity contribution < 1.29 is 60.4 Å². The first kappa shape index (κ1) is 19.7. The van der Waals surface area contributed by atoms with Crippen LogP contribution in [-0.4, -0.2) is 47.1 Å². The molecule has 0 aliphatic rings. The Hall–Kier alpha value is -0.320. The first-order chi connectivity index (χ1) is 8.69. The van der Waals surface area contributed by atoms with Crippen LogP contribution in [0, 0.1) is 0 Å². The predicted octanol–water partition coefficient (Wildman–Crippen LogP) is -2.97. The van der Waals surface area contributed by atoms with Crippen molar-refractivity contribution in [1.82, 2.24) is 0 Å². The average Bonchev–Trinajstić information content (AvgIpc) is 2.35. The Bertz CT molecular complexity index is 652. The third-order valence-electron chi connectivity index (χ3n) is 2.32. The molecule has 10 heteroatoms. The van der Waals surface area contributed by atoms with Gasteiger partial charge in [-0.1, -0.05) is 0 Å². The SMILES string of the molecule is COc1ccc(S(=O)(=O)CCS(=O)(=O)[O-])cc1OC.[Na+]. The molecule has 0 heterocycles. The second-order valence-electron chi connectivity index (χ2n) is 3.60. The fourth-order valence-electron chi connectivity index (χ4n) is 1.34. The second kappa shape index (κ2) is 7.62. The van der Waals surface area contributed by atoms with Crippen molar-refractivity contribution >= 4 is 20.0 Å². The molecule has 0 aliphatic carbocycles. The predicted molar refractivity (Wildman–Crippen MR) is 66.2 cm³/mol. The van der Waals surface area contributed by atoms with E-state index in [2.05, 4.69) is 0 Å². The summed E-state index contributed by atoms with van der Waals surface area (Å²) >= 11 is 0. The quantitative estimate of drug-likeness (QED) is 0.404. The minimum absolute atomic E-state index is 0. The standard InChI is InChI=1S/C10H14O7S2.Na/c1-16-9-4-3-8(7-10(9)17-2)18(11,12)5-6-19(13,14)15;/h3-4,7H,5-6H2,1-2H3,(H,13,14,15);/q;+1/p-1. The second-order valence-corrected chi connectivity index (χ2v) is 7.23. The number of benzene rings is 1. The molecule has 1 rings (SSSR count). The number of methoxy groups -OCH3 is 2. The van der Waals surface area contributed by atoms with E-state index in [-0.39, 0.29) is 40.2 Å². The topological polar surface area (TPSA) is 110 Å². The Morgan fingerprint density at radius 2 is 1.55 bits per heavy atom. The molecule has 0 saturated heterocycles. The fraction of sp³-hybridized carbons (Fsp3) is 0.400. The van der Waals surface area contributed by atoms with Crippen molar-refractivity contribution in [2.75, 3.05) is 25.7 Å². The van der Waals surface area contributed by atoms with Gasteiger partial charge in [0.25, 0.3) is 0 Å². The summed E-state index contributed by atoms with van der Waals surface area (Å²) in [5, 5.41) is 0. The maximum atomic E-state index is 11.8. The zero-order chi connectivity index (χ0) is 14.7. The summed E-state index contributed by atoms with van der Waals surface area (Å²) < 4.78 is 65.0. The van der Waals surface area contributed by atoms with Crippen LogP contribution in [-0.2, 0) is 20.0 Å². The monoisotopic (exact) mass is 332 g/mol. The Morgan fingerprint density at radius 3 is 2.00 bits per heavy atom. The molecule has 0 saturated carbocycles. The van der Waals surface area contributed by atoms with Crippen molar-refractivity contribution in [1.29, 1.82) is 0 Å². The van der Waals surface area contributed by atoms with E-state index < -0.39 is 31.5 Å². The molecule has 0 fully saturated rings. The molecule has 1 aromatic carbocycles. The Balaban J connectivity index is 0.00000361. The molecule has 0 spiro atoms. The van der Waals surface area contributed by atoms with E-state index in [1.165, 1.54) is 32.4 Å². The van der Waals surface area contributed by atoms with Gasteiger partial charge in [-0.05, 0) is 12.1 Å². The van der Waals surface area contributed by atoms with Crippen LogP contribution in [0.1, 0.15) is 0 Å². The summed E-state index contributed by atoms with van der Waals surface area (Å²) in [4.78, 5) is -0.131. The van der Waals surface area contributed by atoms with Crippen molar-refractivity contribution in [3.05, 3.63) is 18.2 Å². The molecular weight excluding hydrogens is 319 g/mol. The molecule has 0 aliphatic heterocycles. The maximum absolute atomic E-state index is 11.8. The van der Waals surface area contributed by atoms with Crippen LogP contribution in [0.25, 0.3) is 0 Å². The average molecular weight is 332 g/mol. The van der Waals surface area contributed by atoms with E-state index in [4.69, 9.17) is 9.47 Å². The minimum Gasteiger partial charge on any atom is -0.748 e. The number of ether oxygens (including phenoxy) is 2. The van der Waals surface area contributed by atoms with Crippen LogP contribution in [0.3, 0.4) is 0 Å². The van der Waals surface area contributed by atoms with E-state index in [9.17, 15) is 21.4 Å². The zero-order valence-corrected chi connectivity index (χ0v) is 15.0. The normalized spacial score (nSPS) is 11.6. The molecule has 0 amide bonds. The van der Waals surface area contributed by atoms with Gasteiger partial charge >= 0.3 is 29.6 Å². The smallest absolute Gasteiger partial charge is 0.748 e. The molecule has 7 nitrogen and oxygen atoms in total. The molecule has 1 aromatic rings. The summed E-state index contributed by atoms with van der Waals surface area (Å²) in [5.74, 6) is -1.19. The van der Waals surface area contributed by atoms with Crippen molar-refractivity contribution in [2.45, 2.75) is 4.90 Å². The van der Waals surface area contributed by atoms with E-state index in [0.717, 1.165) is 0 Å². The van der Waals surface area contributed by atoms with Gasteiger partial charge in [0.15, 0.2) is 21.3 Å². The van der Waals surface area contributed by atoms with Crippen LogP contribution in [0.5, 0.6) is 11.5 Å². The fourth-order valence-corrected chi connectivity index (χ4v) is 3.83. The molecule has 0 aromatic heterocycles. The minimum atomic E-state index is -4.58. The summed E-state index contributed by atoms with van der Waals surface area (Å²) in [7, 11) is -5.70. The molecule has 108 valence electrons. The Kier molecular flexibility index (Phi) is 7.50. The third kappa shape index (κ3) is 5.58. The van der Waals surface area contributed by atoms with Gasteiger partial charge in [-0.2, -0.15) is 0 Å². The zero-order valence-electron chi connectivity index (χ0n) is 11.3. The van der Waals surface area contributed by atoms with E-state index in [1.54, 1.807) is 0 Å². The van der Waals surface area contributed by atoms with Gasteiger partial charge in [-0.3, -0.25) is 0 Å². The van der Waals surface area contributed by atoms with Gasteiger partial charge in [0.2, 0.25) is 0 Å². The molecule has 0 unspecified atom stereocenters. The Labute approximate surface area is 140 Å². The van der Waals surface area contributed by atoms with Gasteiger partial charge in [0.05, 0.1) is 40.7 Å². The van der Waals surface area contributed by atoms with Gasteiger partial charge < -0.3 is 14.0 Å². The van der Waals surface area contributed by atoms with Gasteiger partial charge in [0.1, 0.15) is 0 Å². The molecule has 0 atom stereocenters. The Morgan fingerprint density at radius 1 is 1.00 bits per heavy atom. The summed E-state index contributed by atoms with van der Waals surface area (Å²) in [6, 6.07) is 3.86. The van der Waals surface area contributed by atoms with Gasteiger partial charge in [-0.15, -0.1) is 0 Å². The summed E-state index contributed by atoms with van der Waals surface area (Å²) in [6.45, 7) is 0. The van der Waals surface area contributed by atoms with Crippen LogP contribution in [0.4, 0.5) is 0 Å². The van der Waals surface area contributed by atoms with Crippen molar-refractivity contribution in [3.8, 4) is 11.5 Å². The third-order valence-corrected chi connectivity index (χ3v) is 4.99. The van der Waals surface area contributed by atoms with Crippen molar-refractivity contribution in [3.63, 3.8) is 0 Å². The van der Waals surface area contributed by atoms with E-state index in [0.29, 0.717) is 5.75 Å².